The molecule has 0 amide bonds. The van der Waals surface area contributed by atoms with Crippen LogP contribution in [0.2, 0.25) is 0 Å². The lowest BCUT2D eigenvalue weighted by Crippen LogP contribution is -2.29. The molecule has 3 heterocycles. The van der Waals surface area contributed by atoms with E-state index in [1.165, 1.54) is 99.6 Å². The van der Waals surface area contributed by atoms with Crippen molar-refractivity contribution in [2.45, 2.75) is 22.7 Å². The molecule has 6 aliphatic carbocycles. The Morgan fingerprint density at radius 3 is 1.48 bits per heavy atom. The lowest BCUT2D eigenvalue weighted by Gasteiger charge is -2.34. The zero-order valence-corrected chi connectivity index (χ0v) is 39.4. The van der Waals surface area contributed by atoms with Gasteiger partial charge in [-0.1, -0.05) is 206 Å². The van der Waals surface area contributed by atoms with Crippen LogP contribution in [0.4, 0.5) is 0 Å². The zero-order valence-electron chi connectivity index (χ0n) is 39.4. The Balaban J connectivity index is 1.09. The molecule has 0 saturated carbocycles. The molecular formula is C70H40N2O. The molecule has 0 radical (unpaired) electrons. The highest BCUT2D eigenvalue weighted by atomic mass is 16.1. The summed E-state index contributed by atoms with van der Waals surface area (Å²) in [5.41, 5.74) is 25.9. The Hall–Kier alpha value is -9.18. The van der Waals surface area contributed by atoms with E-state index in [-0.39, 0.29) is 17.6 Å². The van der Waals surface area contributed by atoms with E-state index in [0.717, 1.165) is 49.9 Å². The van der Waals surface area contributed by atoms with Crippen LogP contribution in [0.3, 0.4) is 0 Å². The molecule has 336 valence electrons. The summed E-state index contributed by atoms with van der Waals surface area (Å²) in [5.74, 6) is -0.309. The van der Waals surface area contributed by atoms with E-state index >= 15 is 4.79 Å². The van der Waals surface area contributed by atoms with Crippen LogP contribution in [0.25, 0.3) is 71.6 Å². The molecule has 19 rings (SSSR count). The molecular weight excluding hydrogens is 885 g/mol. The number of pyridine rings is 1. The summed E-state index contributed by atoms with van der Waals surface area (Å²) in [4.78, 5) is 21.4. The van der Waals surface area contributed by atoms with E-state index in [2.05, 4.69) is 235 Å². The van der Waals surface area contributed by atoms with Crippen LogP contribution >= 0.6 is 0 Å². The smallest absolute Gasteiger partial charge is 0.175 e. The number of ketones is 1. The van der Waals surface area contributed by atoms with Gasteiger partial charge in [0.25, 0.3) is 0 Å². The maximum Gasteiger partial charge on any atom is 0.175 e. The molecule has 0 N–H and O–H groups in total. The maximum absolute atomic E-state index is 15.7. The number of carbonyl (C=O) groups is 1. The van der Waals surface area contributed by atoms with Crippen LogP contribution in [-0.4, -0.2) is 15.2 Å². The number of fused-ring (bicyclic) bond motifs is 21. The van der Waals surface area contributed by atoms with Crippen LogP contribution < -0.4 is 0 Å². The van der Waals surface area contributed by atoms with Crippen molar-refractivity contribution < 1.29 is 4.79 Å². The Labute approximate surface area is 420 Å². The molecule has 0 atom stereocenters. The standard InChI is InChI=1S/C70H40N2O/c73-68-50-37-58-51(35-49(50)60-43-25-7-9-27-45(43)61(68)46-28-10-8-26-44(46)60)64-62-47-29-13-17-33-55(47)70(53-31-15-11-23-41(53)42-24-12-16-32-54(42)70)57(62)36-52-63-59(72(58)67(52)64)38-71-66-48-30-14-18-34-56(48)69(65(63)66,39-19-3-1-4-20-39)40-21-5-2-6-22-40/h1-38,60-61H. The summed E-state index contributed by atoms with van der Waals surface area (Å²) in [5, 5.41) is 4.80. The number of nitrogens with zero attached hydrogens (tertiary/aromatic N) is 2. The van der Waals surface area contributed by atoms with Crippen molar-refractivity contribution in [1.82, 2.24) is 9.38 Å². The summed E-state index contributed by atoms with van der Waals surface area (Å²) in [7, 11) is 0. The van der Waals surface area contributed by atoms with Crippen molar-refractivity contribution in [2.24, 2.45) is 0 Å². The molecule has 0 aliphatic heterocycles. The Morgan fingerprint density at radius 2 is 0.877 bits per heavy atom. The van der Waals surface area contributed by atoms with Crippen LogP contribution in [0, 0.1) is 0 Å². The van der Waals surface area contributed by atoms with Gasteiger partial charge in [0.1, 0.15) is 0 Å². The maximum atomic E-state index is 15.7. The highest BCUT2D eigenvalue weighted by molar-refractivity contribution is 6.31. The van der Waals surface area contributed by atoms with Gasteiger partial charge in [-0.15, -0.1) is 0 Å². The highest BCUT2D eigenvalue weighted by Crippen LogP contribution is 2.67. The Bertz CT molecular complexity index is 4520. The number of hydrogen-bond donors (Lipinski definition) is 0. The van der Waals surface area contributed by atoms with Gasteiger partial charge in [-0.05, 0) is 107 Å². The van der Waals surface area contributed by atoms with E-state index in [1.807, 2.05) is 0 Å². The van der Waals surface area contributed by atoms with E-state index in [9.17, 15) is 0 Å². The van der Waals surface area contributed by atoms with Crippen molar-refractivity contribution in [3.05, 3.63) is 309 Å². The average Bonchev–Trinajstić information content (AvgIpc) is 4.36. The normalized spacial score (nSPS) is 17.3. The summed E-state index contributed by atoms with van der Waals surface area (Å²) in [6.07, 6.45) is 2.15. The highest BCUT2D eigenvalue weighted by Gasteiger charge is 2.54. The van der Waals surface area contributed by atoms with Gasteiger partial charge in [0.2, 0.25) is 0 Å². The van der Waals surface area contributed by atoms with Crippen molar-refractivity contribution in [1.29, 1.82) is 0 Å². The van der Waals surface area contributed by atoms with Crippen molar-refractivity contribution >= 4 is 43.9 Å². The second-order valence-corrected chi connectivity index (χ2v) is 21.0. The molecule has 10 aromatic carbocycles. The first-order valence-corrected chi connectivity index (χ1v) is 25.6. The average molecular weight is 925 g/mol. The summed E-state index contributed by atoms with van der Waals surface area (Å²) in [6, 6.07) is 83.4. The molecule has 3 heteroatoms. The molecule has 2 bridgehead atoms. The van der Waals surface area contributed by atoms with Gasteiger partial charge < -0.3 is 4.40 Å². The van der Waals surface area contributed by atoms with Gasteiger partial charge in [-0.3, -0.25) is 9.78 Å². The van der Waals surface area contributed by atoms with E-state index in [0.29, 0.717) is 0 Å². The van der Waals surface area contributed by atoms with Gasteiger partial charge in [-0.25, -0.2) is 0 Å². The number of Topliss-reactive ketones (excluding diaryl/α,β-unsaturated/α-hetero) is 1. The quantitative estimate of drug-likeness (QED) is 0.173. The number of aromatic nitrogens is 2. The molecule has 3 aromatic heterocycles. The third kappa shape index (κ3) is 4.25. The van der Waals surface area contributed by atoms with Crippen LogP contribution in [-0.2, 0) is 10.8 Å². The topological polar surface area (TPSA) is 34.4 Å². The third-order valence-electron chi connectivity index (χ3n) is 18.2. The fraction of sp³-hybridized carbons (Fsp3) is 0.0571. The minimum absolute atomic E-state index is 0.0904. The lowest BCUT2D eigenvalue weighted by atomic mass is 9.67. The number of carbonyl (C=O) groups excluding carboxylic acids is 1. The molecule has 73 heavy (non-hydrogen) atoms. The predicted octanol–water partition coefficient (Wildman–Crippen LogP) is 15.8. The molecule has 13 aromatic rings. The molecule has 3 nitrogen and oxygen atoms in total. The summed E-state index contributed by atoms with van der Waals surface area (Å²) >= 11 is 0. The fourth-order valence-corrected chi connectivity index (χ4v) is 15.7. The summed E-state index contributed by atoms with van der Waals surface area (Å²) < 4.78 is 2.51. The molecule has 0 fully saturated rings. The minimum Gasteiger partial charge on any atom is -0.306 e. The second kappa shape index (κ2) is 13.2. The molecule has 0 saturated heterocycles. The summed E-state index contributed by atoms with van der Waals surface area (Å²) in [6.45, 7) is 0. The first kappa shape index (κ1) is 38.6. The first-order valence-electron chi connectivity index (χ1n) is 25.6. The van der Waals surface area contributed by atoms with Gasteiger partial charge in [0.05, 0.1) is 45.2 Å². The minimum atomic E-state index is -0.699. The van der Waals surface area contributed by atoms with Crippen molar-refractivity contribution in [3.8, 4) is 33.5 Å². The van der Waals surface area contributed by atoms with Gasteiger partial charge in [-0.2, -0.15) is 0 Å². The first-order chi connectivity index (χ1) is 36.2. The van der Waals surface area contributed by atoms with Gasteiger partial charge in [0.15, 0.2) is 5.78 Å². The largest absolute Gasteiger partial charge is 0.306 e. The fourth-order valence-electron chi connectivity index (χ4n) is 15.7. The monoisotopic (exact) mass is 924 g/mol. The van der Waals surface area contributed by atoms with E-state index < -0.39 is 10.8 Å². The van der Waals surface area contributed by atoms with Gasteiger partial charge in [0, 0.05) is 44.2 Å². The Kier molecular flexibility index (Phi) is 6.98. The van der Waals surface area contributed by atoms with Crippen LogP contribution in [0.5, 0.6) is 0 Å². The van der Waals surface area contributed by atoms with Crippen molar-refractivity contribution in [2.75, 3.05) is 0 Å². The SMILES string of the molecule is O=C1c2cc3c(cc2C2c4ccccc4C1c1ccccc12)c1c2c(cc4c5c6c(ncc5n3c41)-c1ccccc1C6(c1ccccc1)c1ccccc1)C1(c3ccccc3-c3ccccc31)c1ccccc1-2. The zero-order chi connectivity index (χ0) is 47.5. The number of benzene rings is 10. The van der Waals surface area contributed by atoms with E-state index in [1.54, 1.807) is 0 Å². The van der Waals surface area contributed by atoms with Gasteiger partial charge >= 0.3 is 0 Å². The second-order valence-electron chi connectivity index (χ2n) is 21.0. The van der Waals surface area contributed by atoms with E-state index in [4.69, 9.17) is 4.98 Å². The Morgan fingerprint density at radius 1 is 0.384 bits per heavy atom. The number of rotatable bonds is 2. The molecule has 1 spiro atoms. The lowest BCUT2D eigenvalue weighted by molar-refractivity contribution is 0.0974. The molecule has 0 unspecified atom stereocenters. The van der Waals surface area contributed by atoms with Crippen LogP contribution in [0.15, 0.2) is 231 Å². The number of hydrogen-bond acceptors (Lipinski definition) is 2. The van der Waals surface area contributed by atoms with Crippen LogP contribution in [0.1, 0.15) is 94.5 Å². The molecule has 6 aliphatic rings. The van der Waals surface area contributed by atoms with Crippen molar-refractivity contribution in [3.63, 3.8) is 0 Å². The third-order valence-corrected chi connectivity index (χ3v) is 18.2. The predicted molar refractivity (Wildman–Crippen MR) is 293 cm³/mol.